The van der Waals surface area contributed by atoms with Crippen LogP contribution in [0.5, 0.6) is 5.75 Å². The van der Waals surface area contributed by atoms with Crippen LogP contribution in [-0.4, -0.2) is 7.11 Å². The molecule has 0 amide bonds. The fraction of sp³-hybridized carbons (Fsp3) is 0.0714. The molecule has 0 aliphatic carbocycles. The smallest absolute Gasteiger partial charge is 0.175 e. The predicted octanol–water partition coefficient (Wildman–Crippen LogP) is 2.61. The van der Waals surface area contributed by atoms with Gasteiger partial charge in [-0.2, -0.15) is 4.57 Å². The van der Waals surface area contributed by atoms with Crippen LogP contribution in [0.1, 0.15) is 5.56 Å². The summed E-state index contributed by atoms with van der Waals surface area (Å²) in [6.45, 7) is 0. The van der Waals surface area contributed by atoms with Crippen LogP contribution in [0.25, 0.3) is 12.3 Å². The number of hydrogen-bond donors (Lipinski definition) is 0. The van der Waals surface area contributed by atoms with Gasteiger partial charge in [0.25, 0.3) is 0 Å². The van der Waals surface area contributed by atoms with Crippen LogP contribution in [0.2, 0.25) is 0 Å². The Morgan fingerprint density at radius 1 is 1.00 bits per heavy atom. The third-order valence-electron chi connectivity index (χ3n) is 2.30. The molecule has 2 aromatic rings. The molecule has 16 heavy (non-hydrogen) atoms. The van der Waals surface area contributed by atoms with Crippen molar-refractivity contribution in [2.24, 2.45) is 0 Å². The Kier molecular flexibility index (Phi) is 3.34. The molecule has 80 valence electrons. The van der Waals surface area contributed by atoms with E-state index in [4.69, 9.17) is 4.74 Å². The van der Waals surface area contributed by atoms with Crippen molar-refractivity contribution in [1.82, 2.24) is 0 Å². The van der Waals surface area contributed by atoms with Gasteiger partial charge in [0, 0.05) is 23.8 Å². The van der Waals surface area contributed by atoms with E-state index in [1.165, 1.54) is 0 Å². The summed E-state index contributed by atoms with van der Waals surface area (Å²) in [4.78, 5) is 0. The van der Waals surface area contributed by atoms with E-state index in [-0.39, 0.29) is 0 Å². The number of nitrogens with zero attached hydrogens (tertiary/aromatic N) is 1. The van der Waals surface area contributed by atoms with Gasteiger partial charge >= 0.3 is 0 Å². The lowest BCUT2D eigenvalue weighted by Crippen LogP contribution is -2.23. The van der Waals surface area contributed by atoms with Crippen molar-refractivity contribution >= 4 is 12.3 Å². The van der Waals surface area contributed by atoms with Crippen LogP contribution in [0.3, 0.4) is 0 Å². The lowest BCUT2D eigenvalue weighted by atomic mass is 10.2. The lowest BCUT2D eigenvalue weighted by molar-refractivity contribution is -0.567. The van der Waals surface area contributed by atoms with E-state index < -0.39 is 0 Å². The summed E-state index contributed by atoms with van der Waals surface area (Å²) in [6.07, 6.45) is 8.01. The molecule has 2 rings (SSSR count). The second kappa shape index (κ2) is 5.12. The number of para-hydroxylation sites is 1. The van der Waals surface area contributed by atoms with E-state index in [2.05, 4.69) is 0 Å². The van der Waals surface area contributed by atoms with Gasteiger partial charge in [0.1, 0.15) is 5.75 Å². The highest BCUT2D eigenvalue weighted by atomic mass is 16.5. The molecule has 0 aliphatic heterocycles. The molecule has 0 spiro atoms. The van der Waals surface area contributed by atoms with Crippen molar-refractivity contribution in [3.8, 4) is 5.75 Å². The van der Waals surface area contributed by atoms with Crippen LogP contribution < -0.4 is 9.30 Å². The van der Waals surface area contributed by atoms with Gasteiger partial charge in [0.05, 0.1) is 7.11 Å². The van der Waals surface area contributed by atoms with Crippen molar-refractivity contribution in [3.63, 3.8) is 0 Å². The fourth-order valence-electron chi connectivity index (χ4n) is 1.48. The number of benzene rings is 1. The number of hydrogen-bond acceptors (Lipinski definition) is 1. The third kappa shape index (κ3) is 2.48. The monoisotopic (exact) mass is 212 g/mol. The molecule has 1 aromatic carbocycles. The Morgan fingerprint density at radius 2 is 1.75 bits per heavy atom. The van der Waals surface area contributed by atoms with Crippen LogP contribution >= 0.6 is 0 Å². The van der Waals surface area contributed by atoms with Crippen molar-refractivity contribution in [3.05, 3.63) is 60.4 Å². The highest BCUT2D eigenvalue weighted by Gasteiger charge is 1.98. The van der Waals surface area contributed by atoms with E-state index in [1.807, 2.05) is 71.7 Å². The largest absolute Gasteiger partial charge is 0.496 e. The van der Waals surface area contributed by atoms with E-state index in [1.54, 1.807) is 7.11 Å². The molecule has 0 N–H and O–H groups in total. The van der Waals surface area contributed by atoms with Crippen LogP contribution in [0.15, 0.2) is 54.9 Å². The number of methoxy groups -OCH3 is 1. The van der Waals surface area contributed by atoms with Gasteiger partial charge in [0.2, 0.25) is 0 Å². The SMILES string of the molecule is COc1ccccc1/C=C/[n+]1ccccc1. The second-order valence-electron chi connectivity index (χ2n) is 3.38. The first-order valence-electron chi connectivity index (χ1n) is 5.17. The molecular formula is C14H14NO+. The van der Waals surface area contributed by atoms with Crippen LogP contribution in [0.4, 0.5) is 0 Å². The Morgan fingerprint density at radius 3 is 2.50 bits per heavy atom. The molecule has 2 nitrogen and oxygen atoms in total. The average molecular weight is 212 g/mol. The zero-order valence-electron chi connectivity index (χ0n) is 9.21. The third-order valence-corrected chi connectivity index (χ3v) is 2.30. The molecule has 1 heterocycles. The van der Waals surface area contributed by atoms with Crippen molar-refractivity contribution in [2.75, 3.05) is 7.11 Å². The summed E-state index contributed by atoms with van der Waals surface area (Å²) in [6, 6.07) is 13.9. The Bertz CT molecular complexity index is 477. The molecule has 1 aromatic heterocycles. The molecule has 0 radical (unpaired) electrons. The zero-order valence-corrected chi connectivity index (χ0v) is 9.21. The van der Waals surface area contributed by atoms with E-state index in [9.17, 15) is 0 Å². The topological polar surface area (TPSA) is 13.1 Å². The molecule has 0 aliphatic rings. The van der Waals surface area contributed by atoms with Crippen LogP contribution in [-0.2, 0) is 0 Å². The maximum atomic E-state index is 5.27. The normalized spacial score (nSPS) is 10.6. The standard InChI is InChI=1S/C14H14NO/c1-16-14-8-4-3-7-13(14)9-12-15-10-5-2-6-11-15/h2-12H,1H3/q+1/b12-9+. The number of aromatic nitrogens is 1. The maximum absolute atomic E-state index is 5.27. The Balaban J connectivity index is 2.24. The van der Waals surface area contributed by atoms with E-state index >= 15 is 0 Å². The highest BCUT2D eigenvalue weighted by Crippen LogP contribution is 2.18. The molecule has 0 saturated heterocycles. The summed E-state index contributed by atoms with van der Waals surface area (Å²) in [5.41, 5.74) is 1.07. The van der Waals surface area contributed by atoms with E-state index in [0.29, 0.717) is 0 Å². The fourth-order valence-corrected chi connectivity index (χ4v) is 1.48. The second-order valence-corrected chi connectivity index (χ2v) is 3.38. The first-order valence-corrected chi connectivity index (χ1v) is 5.17. The molecule has 0 bridgehead atoms. The van der Waals surface area contributed by atoms with Gasteiger partial charge < -0.3 is 4.74 Å². The number of pyridine rings is 1. The summed E-state index contributed by atoms with van der Waals surface area (Å²) < 4.78 is 7.27. The lowest BCUT2D eigenvalue weighted by Gasteiger charge is -2.01. The van der Waals surface area contributed by atoms with Gasteiger partial charge in [-0.15, -0.1) is 0 Å². The van der Waals surface area contributed by atoms with E-state index in [0.717, 1.165) is 11.3 Å². The zero-order chi connectivity index (χ0) is 11.2. The summed E-state index contributed by atoms with van der Waals surface area (Å²) in [5.74, 6) is 0.885. The molecule has 0 fully saturated rings. The minimum atomic E-state index is 0.885. The van der Waals surface area contributed by atoms with Gasteiger partial charge in [-0.25, -0.2) is 0 Å². The molecule has 0 unspecified atom stereocenters. The molecule has 0 saturated carbocycles. The van der Waals surface area contributed by atoms with Crippen molar-refractivity contribution < 1.29 is 9.30 Å². The minimum absolute atomic E-state index is 0.885. The Labute approximate surface area is 95.4 Å². The number of ether oxygens (including phenoxy) is 1. The number of rotatable bonds is 3. The molecular weight excluding hydrogens is 198 g/mol. The molecule has 0 atom stereocenters. The molecule has 2 heteroatoms. The maximum Gasteiger partial charge on any atom is 0.175 e. The summed E-state index contributed by atoms with van der Waals surface area (Å²) >= 11 is 0. The first kappa shape index (κ1) is 10.4. The van der Waals surface area contributed by atoms with Gasteiger partial charge in [-0.1, -0.05) is 24.3 Å². The van der Waals surface area contributed by atoms with Gasteiger partial charge in [0.15, 0.2) is 18.6 Å². The van der Waals surface area contributed by atoms with Gasteiger partial charge in [-0.3, -0.25) is 0 Å². The highest BCUT2D eigenvalue weighted by molar-refractivity contribution is 5.62. The first-order chi connectivity index (χ1) is 7.90. The predicted molar refractivity (Wildman–Crippen MR) is 64.9 cm³/mol. The van der Waals surface area contributed by atoms with Crippen LogP contribution in [0, 0.1) is 0 Å². The Hall–Kier alpha value is -2.09. The minimum Gasteiger partial charge on any atom is -0.496 e. The van der Waals surface area contributed by atoms with Crippen molar-refractivity contribution in [1.29, 1.82) is 0 Å². The average Bonchev–Trinajstić information content (AvgIpc) is 2.38. The summed E-state index contributed by atoms with van der Waals surface area (Å²) in [5, 5.41) is 0. The van der Waals surface area contributed by atoms with Gasteiger partial charge in [-0.05, 0) is 6.07 Å². The quantitative estimate of drug-likeness (QED) is 0.713. The van der Waals surface area contributed by atoms with Crippen molar-refractivity contribution in [2.45, 2.75) is 0 Å². The summed E-state index contributed by atoms with van der Waals surface area (Å²) in [7, 11) is 1.68.